The number of benzene rings is 2. The molecule has 0 saturated heterocycles. The lowest BCUT2D eigenvalue weighted by Crippen LogP contribution is -2.11. The van der Waals surface area contributed by atoms with Crippen LogP contribution in [-0.2, 0) is 6.54 Å². The van der Waals surface area contributed by atoms with E-state index in [1.165, 1.54) is 0 Å². The van der Waals surface area contributed by atoms with Gasteiger partial charge in [0.05, 0.1) is 17.6 Å². The predicted molar refractivity (Wildman–Crippen MR) is 119 cm³/mol. The zero-order chi connectivity index (χ0) is 20.4. The van der Waals surface area contributed by atoms with Crippen molar-refractivity contribution in [3.8, 4) is 11.3 Å². The highest BCUT2D eigenvalue weighted by Crippen LogP contribution is 2.32. The van der Waals surface area contributed by atoms with Gasteiger partial charge in [-0.05, 0) is 23.6 Å². The van der Waals surface area contributed by atoms with E-state index >= 15 is 0 Å². The van der Waals surface area contributed by atoms with Crippen LogP contribution in [0.15, 0.2) is 54.6 Å². The maximum absolute atomic E-state index is 6.50. The van der Waals surface area contributed by atoms with E-state index in [9.17, 15) is 0 Å². The average molecular weight is 407 g/mol. The number of fused-ring (bicyclic) bond motifs is 1. The molecule has 0 unspecified atom stereocenters. The highest BCUT2D eigenvalue weighted by Gasteiger charge is 2.19. The molecular weight excluding hydrogens is 384 g/mol. The second-order valence-electron chi connectivity index (χ2n) is 7.41. The molecule has 4 aromatic rings. The summed E-state index contributed by atoms with van der Waals surface area (Å²) in [5, 5.41) is 9.34. The molecule has 0 radical (unpaired) electrons. The minimum absolute atomic E-state index is 0.463. The fraction of sp³-hybridized carbons (Fsp3) is 0.227. The molecule has 4 rings (SSSR count). The van der Waals surface area contributed by atoms with Crippen LogP contribution < -0.4 is 11.1 Å². The summed E-state index contributed by atoms with van der Waals surface area (Å²) in [5.74, 6) is 1.53. The second-order valence-corrected chi connectivity index (χ2v) is 7.84. The normalized spacial score (nSPS) is 11.3. The van der Waals surface area contributed by atoms with Gasteiger partial charge < -0.3 is 11.1 Å². The van der Waals surface area contributed by atoms with Gasteiger partial charge in [-0.2, -0.15) is 4.98 Å². The molecule has 0 aliphatic heterocycles. The number of hydrogen-bond acceptors (Lipinski definition) is 5. The fourth-order valence-electron chi connectivity index (χ4n) is 3.15. The fourth-order valence-corrected chi connectivity index (χ4v) is 3.34. The van der Waals surface area contributed by atoms with Crippen LogP contribution >= 0.6 is 11.6 Å². The van der Waals surface area contributed by atoms with E-state index in [1.807, 2.05) is 54.6 Å². The third-order valence-corrected chi connectivity index (χ3v) is 4.82. The van der Waals surface area contributed by atoms with Crippen LogP contribution in [0.2, 0.25) is 5.02 Å². The summed E-state index contributed by atoms with van der Waals surface area (Å²) in [7, 11) is 0. The van der Waals surface area contributed by atoms with Crippen molar-refractivity contribution in [1.82, 2.24) is 19.7 Å². The Bertz CT molecular complexity index is 1140. The monoisotopic (exact) mass is 406 g/mol. The van der Waals surface area contributed by atoms with Crippen LogP contribution in [-0.4, -0.2) is 26.3 Å². The molecular formula is C22H23ClN6. The number of anilines is 2. The molecule has 2 heterocycles. The number of nitrogens with zero attached hydrogens (tertiary/aromatic N) is 4. The van der Waals surface area contributed by atoms with Crippen LogP contribution in [0.1, 0.15) is 19.4 Å². The zero-order valence-corrected chi connectivity index (χ0v) is 17.2. The first kappa shape index (κ1) is 19.2. The van der Waals surface area contributed by atoms with E-state index in [0.717, 1.165) is 28.8 Å². The Labute approximate surface area is 174 Å². The van der Waals surface area contributed by atoms with Crippen molar-refractivity contribution in [1.29, 1.82) is 0 Å². The van der Waals surface area contributed by atoms with Crippen LogP contribution in [0, 0.1) is 5.92 Å². The maximum Gasteiger partial charge on any atom is 0.225 e. The molecule has 0 atom stereocenters. The topological polar surface area (TPSA) is 81.6 Å². The maximum atomic E-state index is 6.50. The van der Waals surface area contributed by atoms with E-state index in [0.29, 0.717) is 34.9 Å². The third kappa shape index (κ3) is 4.17. The predicted octanol–water partition coefficient (Wildman–Crippen LogP) is 4.85. The lowest BCUT2D eigenvalue weighted by molar-refractivity contribution is 0.684. The molecule has 0 saturated carbocycles. The standard InChI is InChI=1S/C22H23ClN6/c1-14(2)12-25-22-26-19(16-9-6-10-17(23)11-16)18-20(24)29(28-21(18)27-22)13-15-7-4-3-5-8-15/h3-11,14H,12-13,24H2,1-2H3,(H,25,27,28). The number of aromatic nitrogens is 4. The van der Waals surface area contributed by atoms with Crippen LogP contribution in [0.3, 0.4) is 0 Å². The molecule has 29 heavy (non-hydrogen) atoms. The minimum Gasteiger partial charge on any atom is -0.383 e. The number of halogens is 1. The first-order valence-corrected chi connectivity index (χ1v) is 9.97. The summed E-state index contributed by atoms with van der Waals surface area (Å²) >= 11 is 6.23. The Hall–Kier alpha value is -3.12. The summed E-state index contributed by atoms with van der Waals surface area (Å²) in [6.45, 7) is 5.60. The minimum atomic E-state index is 0.463. The van der Waals surface area contributed by atoms with Crippen molar-refractivity contribution in [2.45, 2.75) is 20.4 Å². The first-order valence-electron chi connectivity index (χ1n) is 9.59. The van der Waals surface area contributed by atoms with Crippen LogP contribution in [0.5, 0.6) is 0 Å². The lowest BCUT2D eigenvalue weighted by atomic mass is 10.1. The number of nitrogens with one attached hydrogen (secondary N) is 1. The SMILES string of the molecule is CC(C)CNc1nc(-c2cccc(Cl)c2)c2c(N)n(Cc3ccccc3)nc2n1. The molecule has 0 bridgehead atoms. The van der Waals surface area contributed by atoms with Gasteiger partial charge in [0, 0.05) is 17.1 Å². The third-order valence-electron chi connectivity index (χ3n) is 4.58. The van der Waals surface area contributed by atoms with Gasteiger partial charge in [0.15, 0.2) is 5.65 Å². The first-order chi connectivity index (χ1) is 14.0. The molecule has 0 spiro atoms. The second kappa shape index (κ2) is 8.09. The largest absolute Gasteiger partial charge is 0.383 e. The molecule has 2 aromatic heterocycles. The molecule has 148 valence electrons. The van der Waals surface area contributed by atoms with Gasteiger partial charge in [-0.3, -0.25) is 0 Å². The molecule has 0 fully saturated rings. The number of rotatable bonds is 6. The Morgan fingerprint density at radius 1 is 1.07 bits per heavy atom. The van der Waals surface area contributed by atoms with Crippen molar-refractivity contribution in [3.05, 3.63) is 65.2 Å². The van der Waals surface area contributed by atoms with Gasteiger partial charge in [-0.15, -0.1) is 5.10 Å². The van der Waals surface area contributed by atoms with Crippen LogP contribution in [0.25, 0.3) is 22.3 Å². The quantitative estimate of drug-likeness (QED) is 0.478. The molecule has 3 N–H and O–H groups in total. The zero-order valence-electron chi connectivity index (χ0n) is 16.4. The highest BCUT2D eigenvalue weighted by molar-refractivity contribution is 6.30. The van der Waals surface area contributed by atoms with Crippen molar-refractivity contribution in [3.63, 3.8) is 0 Å². The number of hydrogen-bond donors (Lipinski definition) is 2. The summed E-state index contributed by atoms with van der Waals surface area (Å²) in [5.41, 5.74) is 9.78. The Balaban J connectivity index is 1.85. The van der Waals surface area contributed by atoms with E-state index < -0.39 is 0 Å². The average Bonchev–Trinajstić information content (AvgIpc) is 3.02. The van der Waals surface area contributed by atoms with Gasteiger partial charge in [0.25, 0.3) is 0 Å². The summed E-state index contributed by atoms with van der Waals surface area (Å²) in [6.07, 6.45) is 0. The lowest BCUT2D eigenvalue weighted by Gasteiger charge is -2.10. The summed E-state index contributed by atoms with van der Waals surface area (Å²) in [4.78, 5) is 9.36. The van der Waals surface area contributed by atoms with Gasteiger partial charge in [0.2, 0.25) is 5.95 Å². The van der Waals surface area contributed by atoms with E-state index in [2.05, 4.69) is 29.2 Å². The van der Waals surface area contributed by atoms with Crippen LogP contribution in [0.4, 0.5) is 11.8 Å². The van der Waals surface area contributed by atoms with Gasteiger partial charge >= 0.3 is 0 Å². The Morgan fingerprint density at radius 3 is 2.59 bits per heavy atom. The smallest absolute Gasteiger partial charge is 0.225 e. The van der Waals surface area contributed by atoms with Gasteiger partial charge in [-0.25, -0.2) is 9.67 Å². The van der Waals surface area contributed by atoms with E-state index in [-0.39, 0.29) is 0 Å². The molecule has 6 nitrogen and oxygen atoms in total. The molecule has 0 aliphatic carbocycles. The van der Waals surface area contributed by atoms with Crippen molar-refractivity contribution >= 4 is 34.4 Å². The van der Waals surface area contributed by atoms with E-state index in [4.69, 9.17) is 22.3 Å². The number of nitrogen functional groups attached to an aromatic ring is 1. The molecule has 7 heteroatoms. The van der Waals surface area contributed by atoms with Crippen molar-refractivity contribution in [2.24, 2.45) is 5.92 Å². The van der Waals surface area contributed by atoms with Crippen molar-refractivity contribution < 1.29 is 0 Å². The molecule has 2 aromatic carbocycles. The molecule has 0 amide bonds. The van der Waals surface area contributed by atoms with E-state index in [1.54, 1.807) is 4.68 Å². The van der Waals surface area contributed by atoms with Gasteiger partial charge in [-0.1, -0.05) is 67.9 Å². The van der Waals surface area contributed by atoms with Crippen molar-refractivity contribution in [2.75, 3.05) is 17.6 Å². The van der Waals surface area contributed by atoms with Gasteiger partial charge in [0.1, 0.15) is 5.82 Å². The number of nitrogens with two attached hydrogens (primary N) is 1. The summed E-state index contributed by atoms with van der Waals surface area (Å²) < 4.78 is 1.77. The molecule has 0 aliphatic rings. The highest BCUT2D eigenvalue weighted by atomic mass is 35.5. The Kier molecular flexibility index (Phi) is 5.36. The Morgan fingerprint density at radius 2 is 1.86 bits per heavy atom. The summed E-state index contributed by atoms with van der Waals surface area (Å²) in [6, 6.07) is 17.7.